The number of benzene rings is 1. The van der Waals surface area contributed by atoms with Crippen LogP contribution < -0.4 is 16.0 Å². The average Bonchev–Trinajstić information content (AvgIpc) is 2.72. The summed E-state index contributed by atoms with van der Waals surface area (Å²) < 4.78 is 0. The Labute approximate surface area is 171 Å². The number of nitrogens with one attached hydrogen (secondary N) is 3. The first-order valence-corrected chi connectivity index (χ1v) is 10.5. The summed E-state index contributed by atoms with van der Waals surface area (Å²) in [5.74, 6) is 0. The topological polar surface area (TPSA) is 53.2 Å². The maximum absolute atomic E-state index is 10.5. The van der Waals surface area contributed by atoms with Crippen molar-refractivity contribution in [3.05, 3.63) is 53.6 Å². The van der Waals surface area contributed by atoms with Gasteiger partial charge < -0.3 is 16.0 Å². The fraction of sp³-hybridized carbons (Fsp3) is 0.458. The smallest absolute Gasteiger partial charge is 0.207 e. The molecule has 0 unspecified atom stereocenters. The molecule has 0 aliphatic carbocycles. The Hall–Kier alpha value is -2.49. The molecule has 154 valence electrons. The summed E-state index contributed by atoms with van der Waals surface area (Å²) >= 11 is 0. The Morgan fingerprint density at radius 1 is 1.04 bits per heavy atom. The lowest BCUT2D eigenvalue weighted by Crippen LogP contribution is -2.25. The van der Waals surface area contributed by atoms with Gasteiger partial charge in [-0.05, 0) is 24.8 Å². The van der Waals surface area contributed by atoms with Gasteiger partial charge in [0.1, 0.15) is 0 Å². The number of amides is 1. The maximum Gasteiger partial charge on any atom is 0.207 e. The van der Waals surface area contributed by atoms with Crippen molar-refractivity contribution in [2.24, 2.45) is 0 Å². The predicted molar refractivity (Wildman–Crippen MR) is 123 cm³/mol. The second kappa shape index (κ2) is 15.6. The van der Waals surface area contributed by atoms with E-state index < -0.39 is 0 Å². The predicted octanol–water partition coefficient (Wildman–Crippen LogP) is 5.35. The average molecular weight is 384 g/mol. The molecule has 0 radical (unpaired) electrons. The standard InChI is InChI=1S/C24H37N3O/c1-4-6-8-9-10-12-14-21-15-13-16-22(24(21)25-3)23(17-11-7-5-2)27-19-18-26-20-28/h9-10,12-17,20,25,27H,4-8,11,18-19H2,1-3H3,(H,26,28)/b10-9+,14-12-,23-17+. The van der Waals surface area contributed by atoms with E-state index in [4.69, 9.17) is 0 Å². The zero-order valence-electron chi connectivity index (χ0n) is 17.8. The maximum atomic E-state index is 10.5. The molecule has 1 rings (SSSR count). The number of para-hydroxylation sites is 1. The number of hydrogen-bond donors (Lipinski definition) is 3. The Bertz CT molecular complexity index is 647. The zero-order valence-corrected chi connectivity index (χ0v) is 17.8. The number of unbranched alkanes of at least 4 members (excludes halogenated alkanes) is 4. The highest BCUT2D eigenvalue weighted by Gasteiger charge is 2.09. The van der Waals surface area contributed by atoms with Gasteiger partial charge in [0.25, 0.3) is 0 Å². The first-order chi connectivity index (χ1) is 13.8. The minimum atomic E-state index is 0.603. The van der Waals surface area contributed by atoms with Gasteiger partial charge in [0.2, 0.25) is 6.41 Å². The molecule has 4 heteroatoms. The molecule has 0 atom stereocenters. The zero-order chi connectivity index (χ0) is 20.5. The van der Waals surface area contributed by atoms with Crippen LogP contribution in [0.15, 0.2) is 42.5 Å². The fourth-order valence-corrected chi connectivity index (χ4v) is 2.92. The van der Waals surface area contributed by atoms with Gasteiger partial charge in [-0.2, -0.15) is 0 Å². The molecule has 0 heterocycles. The van der Waals surface area contributed by atoms with Crippen LogP contribution in [0.2, 0.25) is 0 Å². The molecule has 0 bridgehead atoms. The number of anilines is 1. The van der Waals surface area contributed by atoms with Crippen LogP contribution in [0.4, 0.5) is 5.69 Å². The minimum absolute atomic E-state index is 0.603. The number of hydrogen-bond acceptors (Lipinski definition) is 3. The molecule has 0 saturated heterocycles. The Morgan fingerprint density at radius 3 is 2.54 bits per heavy atom. The van der Waals surface area contributed by atoms with Gasteiger partial charge in [-0.1, -0.05) is 81.7 Å². The molecule has 0 saturated carbocycles. The lowest BCUT2D eigenvalue weighted by molar-refractivity contribution is -0.109. The van der Waals surface area contributed by atoms with Crippen molar-refractivity contribution in [1.82, 2.24) is 10.6 Å². The molecule has 1 aromatic carbocycles. The van der Waals surface area contributed by atoms with E-state index in [1.54, 1.807) is 0 Å². The van der Waals surface area contributed by atoms with Crippen molar-refractivity contribution in [2.45, 2.75) is 52.4 Å². The van der Waals surface area contributed by atoms with Crippen LogP contribution in [0.25, 0.3) is 11.8 Å². The monoisotopic (exact) mass is 383 g/mol. The molecule has 0 aliphatic rings. The van der Waals surface area contributed by atoms with Crippen molar-refractivity contribution in [1.29, 1.82) is 0 Å². The highest BCUT2D eigenvalue weighted by Crippen LogP contribution is 2.27. The van der Waals surface area contributed by atoms with Crippen molar-refractivity contribution in [3.63, 3.8) is 0 Å². The molecule has 4 nitrogen and oxygen atoms in total. The van der Waals surface area contributed by atoms with Gasteiger partial charge in [-0.25, -0.2) is 0 Å². The second-order valence-corrected chi connectivity index (χ2v) is 6.71. The molecule has 0 fully saturated rings. The van der Waals surface area contributed by atoms with E-state index in [2.05, 4.69) is 78.4 Å². The normalized spacial score (nSPS) is 11.9. The van der Waals surface area contributed by atoms with E-state index >= 15 is 0 Å². The van der Waals surface area contributed by atoms with Crippen LogP contribution in [0.1, 0.15) is 63.5 Å². The van der Waals surface area contributed by atoms with Crippen LogP contribution in [0.5, 0.6) is 0 Å². The molecule has 0 aliphatic heterocycles. The summed E-state index contributed by atoms with van der Waals surface area (Å²) in [7, 11) is 1.96. The summed E-state index contributed by atoms with van der Waals surface area (Å²) in [6.07, 6.45) is 18.6. The van der Waals surface area contributed by atoms with Crippen molar-refractivity contribution >= 4 is 23.9 Å². The number of carbonyl (C=O) groups excluding carboxylic acids is 1. The summed E-state index contributed by atoms with van der Waals surface area (Å²) in [4.78, 5) is 10.5. The largest absolute Gasteiger partial charge is 0.387 e. The number of rotatable bonds is 15. The highest BCUT2D eigenvalue weighted by atomic mass is 16.1. The highest BCUT2D eigenvalue weighted by molar-refractivity contribution is 5.82. The van der Waals surface area contributed by atoms with Crippen molar-refractivity contribution < 1.29 is 4.79 Å². The lowest BCUT2D eigenvalue weighted by Gasteiger charge is -2.17. The van der Waals surface area contributed by atoms with Gasteiger partial charge in [0, 0.05) is 31.4 Å². The molecule has 0 spiro atoms. The van der Waals surface area contributed by atoms with Gasteiger partial charge >= 0.3 is 0 Å². The van der Waals surface area contributed by atoms with Crippen molar-refractivity contribution in [2.75, 3.05) is 25.5 Å². The third kappa shape index (κ3) is 8.94. The summed E-state index contributed by atoms with van der Waals surface area (Å²) in [6.45, 7) is 5.71. The second-order valence-electron chi connectivity index (χ2n) is 6.71. The summed E-state index contributed by atoms with van der Waals surface area (Å²) in [5.41, 5.74) is 4.54. The van der Waals surface area contributed by atoms with Gasteiger partial charge in [-0.3, -0.25) is 4.79 Å². The fourth-order valence-electron chi connectivity index (χ4n) is 2.92. The molecule has 0 aromatic heterocycles. The molecule has 1 aromatic rings. The number of carbonyl (C=O) groups is 1. The van der Waals surface area contributed by atoms with Gasteiger partial charge in [0.05, 0.1) is 5.69 Å². The quantitative estimate of drug-likeness (QED) is 0.217. The minimum Gasteiger partial charge on any atom is -0.387 e. The van der Waals surface area contributed by atoms with E-state index in [0.29, 0.717) is 13.1 Å². The van der Waals surface area contributed by atoms with Crippen LogP contribution in [-0.2, 0) is 4.79 Å². The molecule has 28 heavy (non-hydrogen) atoms. The van der Waals surface area contributed by atoms with Gasteiger partial charge in [-0.15, -0.1) is 0 Å². The van der Waals surface area contributed by atoms with Crippen LogP contribution in [-0.4, -0.2) is 26.5 Å². The van der Waals surface area contributed by atoms with Crippen LogP contribution >= 0.6 is 0 Å². The van der Waals surface area contributed by atoms with E-state index in [9.17, 15) is 4.79 Å². The Morgan fingerprint density at radius 2 is 1.82 bits per heavy atom. The summed E-state index contributed by atoms with van der Waals surface area (Å²) in [5, 5.41) is 9.56. The van der Waals surface area contributed by atoms with E-state index in [0.717, 1.165) is 48.2 Å². The van der Waals surface area contributed by atoms with E-state index in [1.165, 1.54) is 19.3 Å². The molecular formula is C24H37N3O. The molecule has 1 amide bonds. The SMILES string of the molecule is CCCC/C=C/C=C\c1cccc(/C(=C\CCCC)NCCNC=O)c1NC. The first-order valence-electron chi connectivity index (χ1n) is 10.5. The summed E-state index contributed by atoms with van der Waals surface area (Å²) in [6, 6.07) is 6.36. The molecular weight excluding hydrogens is 346 g/mol. The Kier molecular flexibility index (Phi) is 13.1. The third-order valence-electron chi connectivity index (χ3n) is 4.46. The van der Waals surface area contributed by atoms with Crippen molar-refractivity contribution in [3.8, 4) is 0 Å². The Balaban J connectivity index is 3.02. The van der Waals surface area contributed by atoms with Gasteiger partial charge in [0.15, 0.2) is 0 Å². The van der Waals surface area contributed by atoms with Crippen LogP contribution in [0, 0.1) is 0 Å². The third-order valence-corrected chi connectivity index (χ3v) is 4.46. The van der Waals surface area contributed by atoms with Crippen LogP contribution in [0.3, 0.4) is 0 Å². The van der Waals surface area contributed by atoms with E-state index in [-0.39, 0.29) is 0 Å². The lowest BCUT2D eigenvalue weighted by atomic mass is 10.0. The molecule has 3 N–H and O–H groups in total. The number of allylic oxidation sites excluding steroid dienone is 4. The first kappa shape index (κ1) is 23.5. The van der Waals surface area contributed by atoms with E-state index in [1.807, 2.05) is 7.05 Å².